The van der Waals surface area contributed by atoms with E-state index in [-0.39, 0.29) is 24.2 Å². The molecule has 3 N–H and O–H groups in total. The van der Waals surface area contributed by atoms with Crippen molar-refractivity contribution in [2.75, 3.05) is 18.5 Å². The van der Waals surface area contributed by atoms with Crippen LogP contribution in [0.4, 0.5) is 5.13 Å². The molecule has 1 amide bonds. The van der Waals surface area contributed by atoms with Gasteiger partial charge in [-0.3, -0.25) is 4.79 Å². The molecule has 1 aromatic carbocycles. The molecule has 1 aromatic heterocycles. The van der Waals surface area contributed by atoms with Gasteiger partial charge in [0, 0.05) is 22.9 Å². The van der Waals surface area contributed by atoms with E-state index < -0.39 is 0 Å². The van der Waals surface area contributed by atoms with Crippen molar-refractivity contribution in [1.82, 2.24) is 4.98 Å². The molecule has 0 aliphatic heterocycles. The average Bonchev–Trinajstić information content (AvgIpc) is 2.88. The minimum absolute atomic E-state index is 0. The fourth-order valence-corrected chi connectivity index (χ4v) is 2.77. The summed E-state index contributed by atoms with van der Waals surface area (Å²) in [5, 5.41) is 3.42. The molecule has 1 heterocycles. The zero-order valence-corrected chi connectivity index (χ0v) is 15.1. The largest absolute Gasteiger partial charge is 0.494 e. The maximum atomic E-state index is 11.9. The number of nitrogens with two attached hydrogens (primary N) is 1. The van der Waals surface area contributed by atoms with Gasteiger partial charge in [-0.05, 0) is 38.1 Å². The van der Waals surface area contributed by atoms with Gasteiger partial charge in [0.15, 0.2) is 5.13 Å². The van der Waals surface area contributed by atoms with Crippen LogP contribution >= 0.6 is 23.7 Å². The molecule has 2 rings (SSSR count). The molecule has 0 fully saturated rings. The van der Waals surface area contributed by atoms with Crippen molar-refractivity contribution in [3.05, 3.63) is 29.1 Å². The maximum Gasteiger partial charge on any atom is 0.230 e. The monoisotopic (exact) mass is 355 g/mol. The molecule has 0 saturated heterocycles. The second-order valence-electron chi connectivity index (χ2n) is 5.01. The summed E-state index contributed by atoms with van der Waals surface area (Å²) < 4.78 is 5.44. The van der Waals surface area contributed by atoms with E-state index in [1.54, 1.807) is 6.92 Å². The molecular weight excluding hydrogens is 334 g/mol. The summed E-state index contributed by atoms with van der Waals surface area (Å²) in [6.45, 7) is 6.71. The molecule has 126 valence electrons. The molecule has 0 radical (unpaired) electrons. The SMILES string of the molecule is CCOc1ccc(-c2nc(NC(=O)C(C)CN)sc2C)cc1.Cl. The number of rotatable bonds is 6. The van der Waals surface area contributed by atoms with E-state index in [1.807, 2.05) is 38.1 Å². The molecule has 0 aliphatic rings. The van der Waals surface area contributed by atoms with Crippen LogP contribution in [0, 0.1) is 12.8 Å². The van der Waals surface area contributed by atoms with Crippen LogP contribution in [0.3, 0.4) is 0 Å². The van der Waals surface area contributed by atoms with Crippen molar-refractivity contribution >= 4 is 34.8 Å². The summed E-state index contributed by atoms with van der Waals surface area (Å²) in [5.74, 6) is 0.511. The number of aromatic nitrogens is 1. The van der Waals surface area contributed by atoms with Gasteiger partial charge in [-0.1, -0.05) is 6.92 Å². The second-order valence-corrected chi connectivity index (χ2v) is 6.21. The fraction of sp³-hybridized carbons (Fsp3) is 0.375. The van der Waals surface area contributed by atoms with Crippen molar-refractivity contribution in [3.63, 3.8) is 0 Å². The fourth-order valence-electron chi connectivity index (χ4n) is 1.93. The number of hydrogen-bond donors (Lipinski definition) is 2. The number of ether oxygens (including phenoxy) is 1. The zero-order chi connectivity index (χ0) is 16.1. The first-order chi connectivity index (χ1) is 10.5. The Hall–Kier alpha value is -1.63. The first-order valence-electron chi connectivity index (χ1n) is 7.26. The predicted octanol–water partition coefficient (Wildman–Crippen LogP) is 3.47. The van der Waals surface area contributed by atoms with Crippen LogP contribution < -0.4 is 15.8 Å². The lowest BCUT2D eigenvalue weighted by atomic mass is 10.1. The number of benzene rings is 1. The van der Waals surface area contributed by atoms with Crippen LogP contribution in [0.5, 0.6) is 5.75 Å². The van der Waals surface area contributed by atoms with Crippen LogP contribution in [0.25, 0.3) is 11.3 Å². The van der Waals surface area contributed by atoms with Crippen molar-refractivity contribution in [2.45, 2.75) is 20.8 Å². The minimum atomic E-state index is -0.224. The quantitative estimate of drug-likeness (QED) is 0.831. The number of nitrogens with one attached hydrogen (secondary N) is 1. The predicted molar refractivity (Wildman–Crippen MR) is 97.6 cm³/mol. The van der Waals surface area contributed by atoms with E-state index in [9.17, 15) is 4.79 Å². The smallest absolute Gasteiger partial charge is 0.230 e. The number of halogens is 1. The number of carbonyl (C=O) groups is 1. The Morgan fingerprint density at radius 1 is 1.39 bits per heavy atom. The number of amides is 1. The second kappa shape index (κ2) is 8.86. The number of nitrogens with zero attached hydrogens (tertiary/aromatic N) is 1. The van der Waals surface area contributed by atoms with Crippen LogP contribution in [-0.4, -0.2) is 24.0 Å². The number of carbonyl (C=O) groups excluding carboxylic acids is 1. The molecular formula is C16H22ClN3O2S. The van der Waals surface area contributed by atoms with Crippen molar-refractivity contribution in [3.8, 4) is 17.0 Å². The van der Waals surface area contributed by atoms with E-state index in [2.05, 4.69) is 10.3 Å². The summed E-state index contributed by atoms with van der Waals surface area (Å²) in [6, 6.07) is 7.79. The molecule has 1 unspecified atom stereocenters. The van der Waals surface area contributed by atoms with Gasteiger partial charge >= 0.3 is 0 Å². The van der Waals surface area contributed by atoms with Crippen molar-refractivity contribution in [1.29, 1.82) is 0 Å². The number of hydrogen-bond acceptors (Lipinski definition) is 5. The van der Waals surface area contributed by atoms with Crippen LogP contribution in [0.2, 0.25) is 0 Å². The van der Waals surface area contributed by atoms with E-state index >= 15 is 0 Å². The van der Waals surface area contributed by atoms with Gasteiger partial charge in [-0.25, -0.2) is 4.98 Å². The van der Waals surface area contributed by atoms with Gasteiger partial charge < -0.3 is 15.8 Å². The van der Waals surface area contributed by atoms with Gasteiger partial charge in [0.05, 0.1) is 12.3 Å². The van der Waals surface area contributed by atoms with E-state index in [4.69, 9.17) is 10.5 Å². The van der Waals surface area contributed by atoms with Gasteiger partial charge in [-0.2, -0.15) is 0 Å². The Kier molecular flexibility index (Phi) is 7.48. The summed E-state index contributed by atoms with van der Waals surface area (Å²) in [7, 11) is 0. The zero-order valence-electron chi connectivity index (χ0n) is 13.5. The first-order valence-corrected chi connectivity index (χ1v) is 8.08. The number of thiazole rings is 1. The van der Waals surface area contributed by atoms with Gasteiger partial charge in [0.2, 0.25) is 5.91 Å². The van der Waals surface area contributed by atoms with Crippen molar-refractivity contribution < 1.29 is 9.53 Å². The Morgan fingerprint density at radius 3 is 2.61 bits per heavy atom. The summed E-state index contributed by atoms with van der Waals surface area (Å²) in [5.41, 5.74) is 7.38. The summed E-state index contributed by atoms with van der Waals surface area (Å²) in [6.07, 6.45) is 0. The van der Waals surface area contributed by atoms with E-state index in [0.29, 0.717) is 18.3 Å². The third-order valence-electron chi connectivity index (χ3n) is 3.27. The molecule has 0 aliphatic carbocycles. The topological polar surface area (TPSA) is 77.2 Å². The average molecular weight is 356 g/mol. The Morgan fingerprint density at radius 2 is 2.04 bits per heavy atom. The van der Waals surface area contributed by atoms with Gasteiger partial charge in [-0.15, -0.1) is 23.7 Å². The van der Waals surface area contributed by atoms with E-state index in [0.717, 1.165) is 21.9 Å². The number of anilines is 1. The molecule has 5 nitrogen and oxygen atoms in total. The highest BCUT2D eigenvalue weighted by molar-refractivity contribution is 7.16. The lowest BCUT2D eigenvalue weighted by molar-refractivity contribution is -0.119. The first kappa shape index (κ1) is 19.4. The molecule has 0 spiro atoms. The standard InChI is InChI=1S/C16H21N3O2S.ClH/c1-4-21-13-7-5-12(6-8-13)14-11(3)22-16(18-14)19-15(20)10(2)9-17;/h5-8,10H,4,9,17H2,1-3H3,(H,18,19,20);1H. The Balaban J connectivity index is 0.00000264. The Labute approximate surface area is 146 Å². The summed E-state index contributed by atoms with van der Waals surface area (Å²) >= 11 is 1.46. The Bertz CT molecular complexity index is 643. The molecule has 7 heteroatoms. The van der Waals surface area contributed by atoms with Gasteiger partial charge in [0.25, 0.3) is 0 Å². The molecule has 0 saturated carbocycles. The third-order valence-corrected chi connectivity index (χ3v) is 4.15. The van der Waals surface area contributed by atoms with E-state index in [1.165, 1.54) is 11.3 Å². The molecule has 1 atom stereocenters. The maximum absolute atomic E-state index is 11.9. The summed E-state index contributed by atoms with van der Waals surface area (Å²) in [4.78, 5) is 17.4. The third kappa shape index (κ3) is 4.92. The normalized spacial score (nSPS) is 11.5. The number of aryl methyl sites for hydroxylation is 1. The molecule has 2 aromatic rings. The lowest BCUT2D eigenvalue weighted by Gasteiger charge is -2.06. The minimum Gasteiger partial charge on any atom is -0.494 e. The highest BCUT2D eigenvalue weighted by Crippen LogP contribution is 2.31. The molecule has 23 heavy (non-hydrogen) atoms. The van der Waals surface area contributed by atoms with Gasteiger partial charge in [0.1, 0.15) is 5.75 Å². The van der Waals surface area contributed by atoms with Crippen LogP contribution in [-0.2, 0) is 4.79 Å². The molecule has 0 bridgehead atoms. The van der Waals surface area contributed by atoms with Crippen LogP contribution in [0.15, 0.2) is 24.3 Å². The lowest BCUT2D eigenvalue weighted by Crippen LogP contribution is -2.26. The van der Waals surface area contributed by atoms with Crippen molar-refractivity contribution in [2.24, 2.45) is 11.7 Å². The highest BCUT2D eigenvalue weighted by Gasteiger charge is 2.15. The highest BCUT2D eigenvalue weighted by atomic mass is 35.5. The van der Waals surface area contributed by atoms with Crippen LogP contribution in [0.1, 0.15) is 18.7 Å².